The van der Waals surface area contributed by atoms with E-state index in [1.165, 1.54) is 5.56 Å². The summed E-state index contributed by atoms with van der Waals surface area (Å²) in [5.74, 6) is -1.05. The van der Waals surface area contributed by atoms with Crippen molar-refractivity contribution in [3.05, 3.63) is 29.3 Å². The molecule has 20 heavy (non-hydrogen) atoms. The molecule has 0 bridgehead atoms. The fourth-order valence-electron chi connectivity index (χ4n) is 2.64. The van der Waals surface area contributed by atoms with Crippen LogP contribution in [0.3, 0.4) is 0 Å². The third-order valence-electron chi connectivity index (χ3n) is 3.76. The molecule has 1 unspecified atom stereocenters. The van der Waals surface area contributed by atoms with Crippen molar-refractivity contribution in [3.63, 3.8) is 0 Å². The van der Waals surface area contributed by atoms with Gasteiger partial charge in [0.1, 0.15) is 0 Å². The highest BCUT2D eigenvalue weighted by molar-refractivity contribution is 7.80. The van der Waals surface area contributed by atoms with Crippen LogP contribution in [0.25, 0.3) is 0 Å². The van der Waals surface area contributed by atoms with Gasteiger partial charge in [-0.3, -0.25) is 0 Å². The first kappa shape index (κ1) is 14.8. The molecule has 108 valence electrons. The summed E-state index contributed by atoms with van der Waals surface area (Å²) in [6.45, 7) is 4.77. The minimum atomic E-state index is -1.05. The van der Waals surface area contributed by atoms with Crippen LogP contribution < -0.4 is 10.4 Å². The lowest BCUT2D eigenvalue weighted by molar-refractivity contribution is -0.309. The predicted molar refractivity (Wildman–Crippen MR) is 81.5 cm³/mol. The van der Waals surface area contributed by atoms with E-state index < -0.39 is 12.0 Å². The predicted octanol–water partition coefficient (Wildman–Crippen LogP) is 1.47. The molecule has 1 aromatic rings. The molecule has 1 fully saturated rings. The van der Waals surface area contributed by atoms with Crippen LogP contribution in [0, 0.1) is 6.92 Å². The summed E-state index contributed by atoms with van der Waals surface area (Å²) in [5, 5.41) is 14.8. The fourth-order valence-corrected chi connectivity index (χ4v) is 2.96. The lowest BCUT2D eigenvalue weighted by Crippen LogP contribution is -2.48. The number of rotatable bonds is 3. The second-order valence-electron chi connectivity index (χ2n) is 5.06. The number of benzene rings is 1. The standard InChI is InChI=1S/C15H20N2O2S/c1-3-11-7-4-6-10(2)13(11)16-15(20)17-9-5-8-12(17)14(18)19/h4,6-7,12H,3,5,8-9H2,1-2H3,(H,16,20)(H,18,19)/p-1. The second kappa shape index (κ2) is 6.22. The largest absolute Gasteiger partial charge is 0.548 e. The Morgan fingerprint density at radius 3 is 2.95 bits per heavy atom. The molecule has 2 rings (SSSR count). The highest BCUT2D eigenvalue weighted by atomic mass is 32.1. The van der Waals surface area contributed by atoms with Gasteiger partial charge in [0.05, 0.1) is 12.0 Å². The van der Waals surface area contributed by atoms with Gasteiger partial charge >= 0.3 is 0 Å². The number of carboxylic acids is 1. The molecular weight excluding hydrogens is 272 g/mol. The molecule has 0 radical (unpaired) electrons. The topological polar surface area (TPSA) is 55.4 Å². The van der Waals surface area contributed by atoms with E-state index in [0.717, 1.165) is 24.1 Å². The summed E-state index contributed by atoms with van der Waals surface area (Å²) < 4.78 is 0. The number of carboxylic acid groups (broad SMARTS) is 1. The molecule has 5 heteroatoms. The molecule has 1 aliphatic heterocycles. The SMILES string of the molecule is CCc1cccc(C)c1NC(=S)N1CCCC1C(=O)[O-]. The number of hydrogen-bond donors (Lipinski definition) is 1. The van der Waals surface area contributed by atoms with E-state index in [0.29, 0.717) is 18.1 Å². The molecule has 1 aliphatic rings. The Morgan fingerprint density at radius 2 is 2.30 bits per heavy atom. The number of thiocarbonyl (C=S) groups is 1. The zero-order valence-corrected chi connectivity index (χ0v) is 12.6. The Kier molecular flexibility index (Phi) is 4.60. The number of nitrogens with zero attached hydrogens (tertiary/aromatic N) is 1. The van der Waals surface area contributed by atoms with Crippen LogP contribution >= 0.6 is 12.2 Å². The molecule has 1 saturated heterocycles. The van der Waals surface area contributed by atoms with Crippen molar-refractivity contribution in [2.45, 2.75) is 39.2 Å². The van der Waals surface area contributed by atoms with Crippen molar-refractivity contribution < 1.29 is 9.90 Å². The molecular formula is C15H19N2O2S-. The minimum absolute atomic E-state index is 0.473. The Labute approximate surface area is 124 Å². The fraction of sp³-hybridized carbons (Fsp3) is 0.467. The van der Waals surface area contributed by atoms with Crippen LogP contribution in [0.1, 0.15) is 30.9 Å². The van der Waals surface area contributed by atoms with E-state index in [1.54, 1.807) is 4.90 Å². The number of aliphatic carboxylic acids is 1. The van der Waals surface area contributed by atoms with Gasteiger partial charge in [-0.05, 0) is 49.5 Å². The first-order chi connectivity index (χ1) is 9.54. The third-order valence-corrected chi connectivity index (χ3v) is 4.09. The summed E-state index contributed by atoms with van der Waals surface area (Å²) >= 11 is 5.38. The van der Waals surface area contributed by atoms with E-state index in [9.17, 15) is 9.90 Å². The average Bonchev–Trinajstić information content (AvgIpc) is 2.90. The lowest BCUT2D eigenvalue weighted by Gasteiger charge is -2.29. The maximum Gasteiger partial charge on any atom is 0.173 e. The summed E-state index contributed by atoms with van der Waals surface area (Å²) in [7, 11) is 0. The van der Waals surface area contributed by atoms with Crippen molar-refractivity contribution in [2.24, 2.45) is 0 Å². The Bertz CT molecular complexity index is 531. The average molecular weight is 291 g/mol. The van der Waals surface area contributed by atoms with E-state index in [2.05, 4.69) is 18.3 Å². The molecule has 1 heterocycles. The summed E-state index contributed by atoms with van der Waals surface area (Å²) in [4.78, 5) is 12.8. The van der Waals surface area contributed by atoms with Crippen LogP contribution in [0.5, 0.6) is 0 Å². The van der Waals surface area contributed by atoms with Gasteiger partial charge in [0.15, 0.2) is 5.11 Å². The van der Waals surface area contributed by atoms with Crippen LogP contribution in [-0.4, -0.2) is 28.6 Å². The molecule has 1 N–H and O–H groups in total. The molecule has 4 nitrogen and oxygen atoms in total. The summed E-state index contributed by atoms with van der Waals surface area (Å²) in [5.41, 5.74) is 3.27. The highest BCUT2D eigenvalue weighted by Gasteiger charge is 2.27. The Balaban J connectivity index is 2.18. The van der Waals surface area contributed by atoms with Crippen LogP contribution in [0.15, 0.2) is 18.2 Å². The zero-order chi connectivity index (χ0) is 14.7. The Morgan fingerprint density at radius 1 is 1.55 bits per heavy atom. The number of anilines is 1. The van der Waals surface area contributed by atoms with Crippen molar-refractivity contribution in [1.29, 1.82) is 0 Å². The molecule has 0 saturated carbocycles. The van der Waals surface area contributed by atoms with Gasteiger partial charge in [-0.15, -0.1) is 0 Å². The summed E-state index contributed by atoms with van der Waals surface area (Å²) in [6, 6.07) is 5.48. The van der Waals surface area contributed by atoms with Crippen LogP contribution in [0.2, 0.25) is 0 Å². The monoisotopic (exact) mass is 291 g/mol. The van der Waals surface area contributed by atoms with Crippen LogP contribution in [0.4, 0.5) is 5.69 Å². The number of likely N-dealkylation sites (tertiary alicyclic amines) is 1. The molecule has 0 spiro atoms. The minimum Gasteiger partial charge on any atom is -0.548 e. The first-order valence-electron chi connectivity index (χ1n) is 6.91. The van der Waals surface area contributed by atoms with E-state index in [4.69, 9.17) is 12.2 Å². The zero-order valence-electron chi connectivity index (χ0n) is 11.8. The van der Waals surface area contributed by atoms with Gasteiger partial charge in [-0.2, -0.15) is 0 Å². The van der Waals surface area contributed by atoms with Gasteiger partial charge in [-0.25, -0.2) is 0 Å². The smallest absolute Gasteiger partial charge is 0.173 e. The highest BCUT2D eigenvalue weighted by Crippen LogP contribution is 2.24. The second-order valence-corrected chi connectivity index (χ2v) is 5.45. The van der Waals surface area contributed by atoms with Crippen LogP contribution in [-0.2, 0) is 11.2 Å². The van der Waals surface area contributed by atoms with Gasteiger partial charge in [0, 0.05) is 12.2 Å². The summed E-state index contributed by atoms with van der Waals surface area (Å²) in [6.07, 6.45) is 2.32. The maximum atomic E-state index is 11.1. The molecule has 0 amide bonds. The van der Waals surface area contributed by atoms with Crippen molar-refractivity contribution in [1.82, 2.24) is 4.90 Å². The van der Waals surface area contributed by atoms with Gasteiger partial charge in [0.25, 0.3) is 0 Å². The number of hydrogen-bond acceptors (Lipinski definition) is 3. The van der Waals surface area contributed by atoms with Gasteiger partial charge < -0.3 is 20.1 Å². The quantitative estimate of drug-likeness (QED) is 0.855. The molecule has 1 atom stereocenters. The number of carbonyl (C=O) groups is 1. The lowest BCUT2D eigenvalue weighted by atomic mass is 10.1. The molecule has 0 aromatic heterocycles. The van der Waals surface area contributed by atoms with Gasteiger partial charge in [0.2, 0.25) is 0 Å². The van der Waals surface area contributed by atoms with Crippen molar-refractivity contribution in [3.8, 4) is 0 Å². The van der Waals surface area contributed by atoms with Crippen molar-refractivity contribution >= 4 is 29.0 Å². The third kappa shape index (κ3) is 2.93. The number of nitrogens with one attached hydrogen (secondary N) is 1. The maximum absolute atomic E-state index is 11.1. The number of para-hydroxylation sites is 1. The molecule has 1 aromatic carbocycles. The van der Waals surface area contributed by atoms with E-state index >= 15 is 0 Å². The van der Waals surface area contributed by atoms with E-state index in [1.807, 2.05) is 19.1 Å². The van der Waals surface area contributed by atoms with E-state index in [-0.39, 0.29) is 0 Å². The van der Waals surface area contributed by atoms with Gasteiger partial charge in [-0.1, -0.05) is 25.1 Å². The normalized spacial score (nSPS) is 18.1. The molecule has 0 aliphatic carbocycles. The van der Waals surface area contributed by atoms with Crippen molar-refractivity contribution in [2.75, 3.05) is 11.9 Å². The Hall–Kier alpha value is -1.62. The first-order valence-corrected chi connectivity index (χ1v) is 7.32. The number of aryl methyl sites for hydroxylation is 2. The number of carbonyl (C=O) groups excluding carboxylic acids is 1.